The Morgan fingerprint density at radius 2 is 2.06 bits per heavy atom. The van der Waals surface area contributed by atoms with Gasteiger partial charge in [-0.25, -0.2) is 0 Å². The van der Waals surface area contributed by atoms with Crippen molar-refractivity contribution in [1.82, 2.24) is 10.6 Å². The summed E-state index contributed by atoms with van der Waals surface area (Å²) in [4.78, 5) is 22.7. The molecule has 86 valence electrons. The number of amides is 2. The van der Waals surface area contributed by atoms with E-state index in [9.17, 15) is 9.59 Å². The van der Waals surface area contributed by atoms with Gasteiger partial charge in [0, 0.05) is 11.5 Å². The SMILES string of the molecule is CNC(=O)CNC(=O)c1cccc(C)c1Br. The fourth-order valence-electron chi connectivity index (χ4n) is 1.17. The van der Waals surface area contributed by atoms with Crippen molar-refractivity contribution in [1.29, 1.82) is 0 Å². The van der Waals surface area contributed by atoms with Gasteiger partial charge in [0.1, 0.15) is 0 Å². The molecular formula is C11H13BrN2O2. The summed E-state index contributed by atoms with van der Waals surface area (Å²) in [5.74, 6) is -0.490. The lowest BCUT2D eigenvalue weighted by atomic mass is 10.1. The zero-order chi connectivity index (χ0) is 12.1. The molecule has 0 aromatic heterocycles. The van der Waals surface area contributed by atoms with Gasteiger partial charge in [0.25, 0.3) is 5.91 Å². The van der Waals surface area contributed by atoms with E-state index in [4.69, 9.17) is 0 Å². The second-order valence-electron chi connectivity index (χ2n) is 3.29. The highest BCUT2D eigenvalue weighted by Gasteiger charge is 2.11. The van der Waals surface area contributed by atoms with Crippen LogP contribution in [0.1, 0.15) is 15.9 Å². The Kier molecular flexibility index (Phi) is 4.49. The van der Waals surface area contributed by atoms with Gasteiger partial charge in [-0.05, 0) is 34.5 Å². The number of carbonyl (C=O) groups is 2. The monoisotopic (exact) mass is 284 g/mol. The Bertz CT molecular complexity index is 418. The van der Waals surface area contributed by atoms with E-state index < -0.39 is 0 Å². The van der Waals surface area contributed by atoms with Crippen molar-refractivity contribution in [3.05, 3.63) is 33.8 Å². The summed E-state index contributed by atoms with van der Waals surface area (Å²) in [7, 11) is 1.52. The molecule has 0 saturated heterocycles. The maximum Gasteiger partial charge on any atom is 0.252 e. The second-order valence-corrected chi connectivity index (χ2v) is 4.09. The van der Waals surface area contributed by atoms with Crippen LogP contribution in [0.25, 0.3) is 0 Å². The molecule has 5 heteroatoms. The van der Waals surface area contributed by atoms with Crippen LogP contribution in [0.5, 0.6) is 0 Å². The van der Waals surface area contributed by atoms with Crippen LogP contribution in [-0.4, -0.2) is 25.4 Å². The highest BCUT2D eigenvalue weighted by molar-refractivity contribution is 9.10. The lowest BCUT2D eigenvalue weighted by Crippen LogP contribution is -2.35. The smallest absolute Gasteiger partial charge is 0.252 e. The summed E-state index contributed by atoms with van der Waals surface area (Å²) in [6, 6.07) is 5.41. The third-order valence-corrected chi connectivity index (χ3v) is 3.18. The van der Waals surface area contributed by atoms with E-state index in [0.29, 0.717) is 5.56 Å². The summed E-state index contributed by atoms with van der Waals surface area (Å²) in [5, 5.41) is 4.97. The van der Waals surface area contributed by atoms with E-state index in [0.717, 1.165) is 10.0 Å². The molecule has 0 atom stereocenters. The third-order valence-electron chi connectivity index (χ3n) is 2.12. The second kappa shape index (κ2) is 5.65. The number of rotatable bonds is 3. The average molecular weight is 285 g/mol. The Morgan fingerprint density at radius 3 is 2.69 bits per heavy atom. The van der Waals surface area contributed by atoms with Crippen molar-refractivity contribution in [3.8, 4) is 0 Å². The van der Waals surface area contributed by atoms with Crippen molar-refractivity contribution in [2.24, 2.45) is 0 Å². The van der Waals surface area contributed by atoms with E-state index in [1.165, 1.54) is 7.05 Å². The molecule has 0 unspecified atom stereocenters. The summed E-state index contributed by atoms with van der Waals surface area (Å²) in [6.07, 6.45) is 0. The van der Waals surface area contributed by atoms with E-state index >= 15 is 0 Å². The number of benzene rings is 1. The molecule has 0 heterocycles. The van der Waals surface area contributed by atoms with Crippen LogP contribution in [0, 0.1) is 6.92 Å². The first-order chi connectivity index (χ1) is 7.56. The van der Waals surface area contributed by atoms with Crippen LogP contribution in [-0.2, 0) is 4.79 Å². The minimum atomic E-state index is -0.265. The number of nitrogens with one attached hydrogen (secondary N) is 2. The van der Waals surface area contributed by atoms with E-state index in [1.54, 1.807) is 12.1 Å². The van der Waals surface area contributed by atoms with Crippen LogP contribution in [0.2, 0.25) is 0 Å². The predicted molar refractivity (Wildman–Crippen MR) is 65.3 cm³/mol. The molecule has 0 aliphatic rings. The number of hydrogen-bond donors (Lipinski definition) is 2. The largest absolute Gasteiger partial charge is 0.358 e. The minimum absolute atomic E-state index is 0.0181. The molecular weight excluding hydrogens is 272 g/mol. The molecule has 0 bridgehead atoms. The van der Waals surface area contributed by atoms with Gasteiger partial charge in [0.05, 0.1) is 12.1 Å². The molecule has 0 spiro atoms. The summed E-state index contributed by atoms with van der Waals surface area (Å²) in [5.41, 5.74) is 1.51. The molecule has 0 saturated carbocycles. The average Bonchev–Trinajstić information content (AvgIpc) is 2.29. The first kappa shape index (κ1) is 12.7. The Morgan fingerprint density at radius 1 is 1.38 bits per heavy atom. The Balaban J connectivity index is 2.74. The molecule has 2 N–H and O–H groups in total. The van der Waals surface area contributed by atoms with Gasteiger partial charge in [0.15, 0.2) is 0 Å². The topological polar surface area (TPSA) is 58.2 Å². The van der Waals surface area contributed by atoms with E-state index in [1.807, 2.05) is 13.0 Å². The molecule has 0 aliphatic heterocycles. The lowest BCUT2D eigenvalue weighted by molar-refractivity contribution is -0.119. The van der Waals surface area contributed by atoms with Crippen LogP contribution in [0.4, 0.5) is 0 Å². The van der Waals surface area contributed by atoms with Gasteiger partial charge in [-0.3, -0.25) is 9.59 Å². The fourth-order valence-corrected chi connectivity index (χ4v) is 1.61. The first-order valence-corrected chi connectivity index (χ1v) is 5.59. The van der Waals surface area contributed by atoms with E-state index in [2.05, 4.69) is 26.6 Å². The highest BCUT2D eigenvalue weighted by Crippen LogP contribution is 2.20. The standard InChI is InChI=1S/C11H13BrN2O2/c1-7-4-3-5-8(10(7)12)11(16)14-6-9(15)13-2/h3-5H,6H2,1-2H3,(H,13,15)(H,14,16). The highest BCUT2D eigenvalue weighted by atomic mass is 79.9. The van der Waals surface area contributed by atoms with Crippen LogP contribution >= 0.6 is 15.9 Å². The van der Waals surface area contributed by atoms with Crippen LogP contribution in [0.15, 0.2) is 22.7 Å². The van der Waals surface area contributed by atoms with Crippen molar-refractivity contribution in [2.45, 2.75) is 6.92 Å². The van der Waals surface area contributed by atoms with Gasteiger partial charge in [-0.2, -0.15) is 0 Å². The molecule has 4 nitrogen and oxygen atoms in total. The minimum Gasteiger partial charge on any atom is -0.358 e. The normalized spacial score (nSPS) is 9.69. The number of halogens is 1. The lowest BCUT2D eigenvalue weighted by Gasteiger charge is -2.07. The Hall–Kier alpha value is -1.36. The molecule has 1 aromatic carbocycles. The zero-order valence-corrected chi connectivity index (χ0v) is 10.7. The van der Waals surface area contributed by atoms with Crippen LogP contribution in [0.3, 0.4) is 0 Å². The summed E-state index contributed by atoms with van der Waals surface area (Å²) < 4.78 is 0.754. The zero-order valence-electron chi connectivity index (χ0n) is 9.13. The summed E-state index contributed by atoms with van der Waals surface area (Å²) in [6.45, 7) is 1.88. The number of carbonyl (C=O) groups excluding carboxylic acids is 2. The molecule has 1 rings (SSSR count). The number of likely N-dealkylation sites (N-methyl/N-ethyl adjacent to an activating group) is 1. The predicted octanol–water partition coefficient (Wildman–Crippen LogP) is 1.23. The van der Waals surface area contributed by atoms with Crippen LogP contribution < -0.4 is 10.6 Å². The van der Waals surface area contributed by atoms with E-state index in [-0.39, 0.29) is 18.4 Å². The first-order valence-electron chi connectivity index (χ1n) is 4.80. The van der Waals surface area contributed by atoms with Gasteiger partial charge in [-0.15, -0.1) is 0 Å². The molecule has 16 heavy (non-hydrogen) atoms. The van der Waals surface area contributed by atoms with Gasteiger partial charge >= 0.3 is 0 Å². The molecule has 0 aliphatic carbocycles. The van der Waals surface area contributed by atoms with Crippen molar-refractivity contribution >= 4 is 27.7 Å². The molecule has 1 aromatic rings. The molecule has 0 radical (unpaired) electrons. The Labute approximate surface area is 103 Å². The van der Waals surface area contributed by atoms with Gasteiger partial charge in [-0.1, -0.05) is 12.1 Å². The van der Waals surface area contributed by atoms with Crippen molar-refractivity contribution < 1.29 is 9.59 Å². The fraction of sp³-hybridized carbons (Fsp3) is 0.273. The molecule has 2 amide bonds. The quantitative estimate of drug-likeness (QED) is 0.877. The molecule has 0 fully saturated rings. The maximum atomic E-state index is 11.7. The number of aryl methyl sites for hydroxylation is 1. The van der Waals surface area contributed by atoms with Gasteiger partial charge < -0.3 is 10.6 Å². The van der Waals surface area contributed by atoms with Gasteiger partial charge in [0.2, 0.25) is 5.91 Å². The van der Waals surface area contributed by atoms with Crippen molar-refractivity contribution in [2.75, 3.05) is 13.6 Å². The third kappa shape index (κ3) is 3.06. The maximum absolute atomic E-state index is 11.7. The summed E-state index contributed by atoms with van der Waals surface area (Å²) >= 11 is 3.34. The van der Waals surface area contributed by atoms with Crippen molar-refractivity contribution in [3.63, 3.8) is 0 Å². The number of hydrogen-bond acceptors (Lipinski definition) is 2.